The highest BCUT2D eigenvalue weighted by molar-refractivity contribution is 5.95. The van der Waals surface area contributed by atoms with E-state index in [0.29, 0.717) is 56.1 Å². The number of nitrogens with one attached hydrogen (secondary N) is 1. The molecule has 2 aliphatic heterocycles. The Morgan fingerprint density at radius 2 is 1.82 bits per heavy atom. The van der Waals surface area contributed by atoms with Gasteiger partial charge in [0.25, 0.3) is 0 Å². The molecule has 0 saturated carbocycles. The molecular weight excluding hydrogens is 426 g/mol. The molecule has 1 fully saturated rings. The Morgan fingerprint density at radius 3 is 2.45 bits per heavy atom. The average Bonchev–Trinajstić information content (AvgIpc) is 2.82. The monoisotopic (exact) mass is 459 g/mol. The molecule has 2 aliphatic rings. The maximum absolute atomic E-state index is 13.1. The van der Waals surface area contributed by atoms with E-state index in [1.807, 2.05) is 18.2 Å². The molecule has 1 saturated heterocycles. The molecule has 1 unspecified atom stereocenters. The van der Waals surface area contributed by atoms with Gasteiger partial charge < -0.3 is 19.5 Å². The normalized spacial score (nSPS) is 19.8. The van der Waals surface area contributed by atoms with Gasteiger partial charge in [-0.25, -0.2) is 9.59 Å². The van der Waals surface area contributed by atoms with E-state index in [0.717, 1.165) is 5.56 Å². The number of likely N-dealkylation sites (tertiary alicyclic amines) is 1. The Bertz CT molecular complexity index is 907. The van der Waals surface area contributed by atoms with Crippen molar-refractivity contribution in [1.29, 1.82) is 0 Å². The number of hydrogen-bond donors (Lipinski definition) is 1. The van der Waals surface area contributed by atoms with Gasteiger partial charge in [-0.1, -0.05) is 12.1 Å². The molecule has 0 radical (unpaired) electrons. The van der Waals surface area contributed by atoms with Gasteiger partial charge in [-0.05, 0) is 57.5 Å². The summed E-state index contributed by atoms with van der Waals surface area (Å²) in [5, 5.41) is 2.92. The summed E-state index contributed by atoms with van der Waals surface area (Å²) in [5.41, 5.74) is 1.73. The lowest BCUT2D eigenvalue weighted by Crippen LogP contribution is -2.50. The third-order valence-corrected chi connectivity index (χ3v) is 6.08. The summed E-state index contributed by atoms with van der Waals surface area (Å²) >= 11 is 0. The third kappa shape index (κ3) is 5.65. The SMILES string of the molecule is CCOC(=O)C1=C(CN2CCC(C(=O)OCC)CC2)N(C)C(=O)NC1c1cccc(OC)c1. The zero-order valence-corrected chi connectivity index (χ0v) is 19.8. The molecule has 1 aromatic rings. The molecule has 3 rings (SSSR count). The molecule has 1 N–H and O–H groups in total. The number of methoxy groups -OCH3 is 1. The number of nitrogens with zero attached hydrogens (tertiary/aromatic N) is 2. The van der Waals surface area contributed by atoms with Crippen LogP contribution in [0.1, 0.15) is 38.3 Å². The lowest BCUT2D eigenvalue weighted by atomic mass is 9.93. The van der Waals surface area contributed by atoms with Crippen molar-refractivity contribution >= 4 is 18.0 Å². The second kappa shape index (κ2) is 11.2. The summed E-state index contributed by atoms with van der Waals surface area (Å²) < 4.78 is 15.9. The molecule has 2 amide bonds. The molecule has 9 nitrogen and oxygen atoms in total. The number of benzene rings is 1. The maximum atomic E-state index is 13.1. The smallest absolute Gasteiger partial charge is 0.338 e. The minimum atomic E-state index is -0.657. The van der Waals surface area contributed by atoms with Gasteiger partial charge in [-0.15, -0.1) is 0 Å². The molecule has 33 heavy (non-hydrogen) atoms. The van der Waals surface area contributed by atoms with Crippen molar-refractivity contribution in [2.75, 3.05) is 47.0 Å². The zero-order chi connectivity index (χ0) is 24.0. The fourth-order valence-corrected chi connectivity index (χ4v) is 4.27. The zero-order valence-electron chi connectivity index (χ0n) is 19.8. The third-order valence-electron chi connectivity index (χ3n) is 6.08. The van der Waals surface area contributed by atoms with Crippen LogP contribution in [-0.2, 0) is 19.1 Å². The van der Waals surface area contributed by atoms with Crippen LogP contribution in [0, 0.1) is 5.92 Å². The van der Waals surface area contributed by atoms with E-state index in [1.165, 1.54) is 4.90 Å². The largest absolute Gasteiger partial charge is 0.497 e. The van der Waals surface area contributed by atoms with E-state index in [1.54, 1.807) is 34.1 Å². The molecular formula is C24H33N3O6. The highest BCUT2D eigenvalue weighted by Gasteiger charge is 2.38. The molecule has 0 aromatic heterocycles. The first kappa shape index (κ1) is 24.6. The van der Waals surface area contributed by atoms with E-state index in [9.17, 15) is 14.4 Å². The Balaban J connectivity index is 1.91. The Hall–Kier alpha value is -3.07. The Morgan fingerprint density at radius 1 is 1.12 bits per heavy atom. The molecule has 2 heterocycles. The van der Waals surface area contributed by atoms with Crippen LogP contribution < -0.4 is 10.1 Å². The van der Waals surface area contributed by atoms with Crippen molar-refractivity contribution < 1.29 is 28.6 Å². The first-order chi connectivity index (χ1) is 15.9. The summed E-state index contributed by atoms with van der Waals surface area (Å²) in [4.78, 5) is 41.6. The van der Waals surface area contributed by atoms with Gasteiger partial charge in [0.1, 0.15) is 5.75 Å². The van der Waals surface area contributed by atoms with Crippen molar-refractivity contribution in [1.82, 2.24) is 15.1 Å². The van der Waals surface area contributed by atoms with Crippen molar-refractivity contribution in [3.8, 4) is 5.75 Å². The highest BCUT2D eigenvalue weighted by atomic mass is 16.5. The van der Waals surface area contributed by atoms with E-state index < -0.39 is 12.0 Å². The molecule has 0 bridgehead atoms. The number of likely N-dealkylation sites (N-methyl/N-ethyl adjacent to an activating group) is 1. The van der Waals surface area contributed by atoms with Gasteiger partial charge in [-0.3, -0.25) is 14.6 Å². The predicted molar refractivity (Wildman–Crippen MR) is 121 cm³/mol. The maximum Gasteiger partial charge on any atom is 0.338 e. The quantitative estimate of drug-likeness (QED) is 0.597. The van der Waals surface area contributed by atoms with Crippen LogP contribution in [0.15, 0.2) is 35.5 Å². The van der Waals surface area contributed by atoms with Gasteiger partial charge >= 0.3 is 18.0 Å². The minimum absolute atomic E-state index is 0.114. The predicted octanol–water partition coefficient (Wildman–Crippen LogP) is 2.48. The van der Waals surface area contributed by atoms with E-state index in [4.69, 9.17) is 14.2 Å². The van der Waals surface area contributed by atoms with Crippen molar-refractivity contribution in [3.63, 3.8) is 0 Å². The van der Waals surface area contributed by atoms with Crippen molar-refractivity contribution in [2.45, 2.75) is 32.7 Å². The number of ether oxygens (including phenoxy) is 3. The van der Waals surface area contributed by atoms with E-state index >= 15 is 0 Å². The number of carbonyl (C=O) groups is 3. The highest BCUT2D eigenvalue weighted by Crippen LogP contribution is 2.33. The number of hydrogen-bond acceptors (Lipinski definition) is 7. The first-order valence-electron chi connectivity index (χ1n) is 11.4. The molecule has 0 aliphatic carbocycles. The second-order valence-corrected chi connectivity index (χ2v) is 8.10. The lowest BCUT2D eigenvalue weighted by Gasteiger charge is -2.38. The second-order valence-electron chi connectivity index (χ2n) is 8.10. The number of urea groups is 1. The number of esters is 2. The van der Waals surface area contributed by atoms with Crippen LogP contribution in [0.2, 0.25) is 0 Å². The van der Waals surface area contributed by atoms with Gasteiger partial charge in [-0.2, -0.15) is 0 Å². The van der Waals surface area contributed by atoms with Crippen molar-refractivity contribution in [2.24, 2.45) is 5.92 Å². The summed E-state index contributed by atoms with van der Waals surface area (Å²) in [6.07, 6.45) is 1.35. The van der Waals surface area contributed by atoms with E-state index in [2.05, 4.69) is 10.2 Å². The van der Waals surface area contributed by atoms with E-state index in [-0.39, 0.29) is 24.5 Å². The lowest BCUT2D eigenvalue weighted by molar-refractivity contribution is -0.149. The molecule has 1 aromatic carbocycles. The fourth-order valence-electron chi connectivity index (χ4n) is 4.27. The number of piperidine rings is 1. The van der Waals surface area contributed by atoms with Gasteiger partial charge in [0.2, 0.25) is 0 Å². The van der Waals surface area contributed by atoms with Gasteiger partial charge in [0.05, 0.1) is 37.9 Å². The number of rotatable bonds is 8. The van der Waals surface area contributed by atoms with Crippen LogP contribution >= 0.6 is 0 Å². The minimum Gasteiger partial charge on any atom is -0.497 e. The fraction of sp³-hybridized carbons (Fsp3) is 0.542. The van der Waals surface area contributed by atoms with Crippen LogP contribution in [0.3, 0.4) is 0 Å². The standard InChI is InChI=1S/C24H33N3O6/c1-5-32-22(28)16-10-12-27(13-11-16)15-19-20(23(29)33-6-2)21(25-24(30)26(19)3)17-8-7-9-18(14-17)31-4/h7-9,14,16,21H,5-6,10-13,15H2,1-4H3,(H,25,30). The Labute approximate surface area is 194 Å². The summed E-state index contributed by atoms with van der Waals surface area (Å²) in [6.45, 7) is 5.89. The summed E-state index contributed by atoms with van der Waals surface area (Å²) in [7, 11) is 3.22. The Kier molecular flexibility index (Phi) is 8.32. The topological polar surface area (TPSA) is 97.4 Å². The van der Waals surface area contributed by atoms with Gasteiger partial charge in [0, 0.05) is 19.3 Å². The summed E-state index contributed by atoms with van der Waals surface area (Å²) in [6, 6.07) is 6.32. The summed E-state index contributed by atoms with van der Waals surface area (Å²) in [5.74, 6) is -0.104. The number of amides is 2. The van der Waals surface area contributed by atoms with Crippen LogP contribution in [-0.4, -0.2) is 74.8 Å². The van der Waals surface area contributed by atoms with Crippen molar-refractivity contribution in [3.05, 3.63) is 41.1 Å². The number of carbonyl (C=O) groups excluding carboxylic acids is 3. The first-order valence-corrected chi connectivity index (χ1v) is 11.4. The average molecular weight is 460 g/mol. The molecule has 9 heteroatoms. The van der Waals surface area contributed by atoms with Crippen LogP contribution in [0.4, 0.5) is 4.79 Å². The van der Waals surface area contributed by atoms with Gasteiger partial charge in [0.15, 0.2) is 0 Å². The molecule has 180 valence electrons. The molecule has 0 spiro atoms. The van der Waals surface area contributed by atoms with Crippen LogP contribution in [0.25, 0.3) is 0 Å². The van der Waals surface area contributed by atoms with Crippen LogP contribution in [0.5, 0.6) is 5.75 Å². The molecule has 1 atom stereocenters.